The Morgan fingerprint density at radius 1 is 1.00 bits per heavy atom. The molecule has 3 heterocycles. The number of urea groups is 1. The second kappa shape index (κ2) is 7.35. The third-order valence-electron chi connectivity index (χ3n) is 4.66. The quantitative estimate of drug-likeness (QED) is 0.761. The van der Waals surface area contributed by atoms with E-state index in [1.54, 1.807) is 11.3 Å². The fourth-order valence-electron chi connectivity index (χ4n) is 3.09. The van der Waals surface area contributed by atoms with Crippen molar-refractivity contribution in [3.05, 3.63) is 60.9 Å². The van der Waals surface area contributed by atoms with Gasteiger partial charge in [0, 0.05) is 43.4 Å². The predicted molar refractivity (Wildman–Crippen MR) is 107 cm³/mol. The number of piperazine rings is 1. The average molecular weight is 366 g/mol. The number of hydrogen-bond acceptors (Lipinski definition) is 3. The van der Waals surface area contributed by atoms with Crippen molar-refractivity contribution in [2.45, 2.75) is 0 Å². The van der Waals surface area contributed by atoms with Gasteiger partial charge in [0.2, 0.25) is 0 Å². The molecule has 1 aliphatic heterocycles. The molecule has 26 heavy (non-hydrogen) atoms. The summed E-state index contributed by atoms with van der Waals surface area (Å²) in [7, 11) is 2.09. The van der Waals surface area contributed by atoms with Crippen LogP contribution in [0, 0.1) is 0 Å². The first-order valence-electron chi connectivity index (χ1n) is 8.78. The normalized spacial score (nSPS) is 15.2. The first-order valence-corrected chi connectivity index (χ1v) is 9.59. The second-order valence-corrected chi connectivity index (χ2v) is 7.55. The number of carbonyl (C=O) groups is 1. The van der Waals surface area contributed by atoms with E-state index in [2.05, 4.69) is 35.5 Å². The van der Waals surface area contributed by atoms with Gasteiger partial charge < -0.3 is 14.4 Å². The van der Waals surface area contributed by atoms with E-state index >= 15 is 0 Å². The lowest BCUT2D eigenvalue weighted by molar-refractivity contribution is 0.164. The molecule has 6 heteroatoms. The smallest absolute Gasteiger partial charge is 0.322 e. The van der Waals surface area contributed by atoms with Crippen molar-refractivity contribution in [1.82, 2.24) is 14.4 Å². The minimum Gasteiger partial charge on any atom is -0.322 e. The second-order valence-electron chi connectivity index (χ2n) is 6.50. The van der Waals surface area contributed by atoms with E-state index in [-0.39, 0.29) is 6.03 Å². The van der Waals surface area contributed by atoms with Gasteiger partial charge in [-0.2, -0.15) is 0 Å². The molecule has 0 atom stereocenters. The third-order valence-corrected chi connectivity index (χ3v) is 5.75. The molecule has 5 nitrogen and oxygen atoms in total. The summed E-state index contributed by atoms with van der Waals surface area (Å²) >= 11 is 1.61. The molecule has 1 aliphatic rings. The number of anilines is 1. The number of carbonyl (C=O) groups excluding carboxylic acids is 1. The highest BCUT2D eigenvalue weighted by molar-refractivity contribution is 7.20. The van der Waals surface area contributed by atoms with E-state index in [1.165, 1.54) is 0 Å². The Bertz CT molecular complexity index is 865. The van der Waals surface area contributed by atoms with Gasteiger partial charge in [-0.05, 0) is 30.8 Å². The summed E-state index contributed by atoms with van der Waals surface area (Å²) in [5, 5.41) is 4.02. The van der Waals surface area contributed by atoms with Crippen molar-refractivity contribution < 1.29 is 4.79 Å². The fraction of sp³-hybridized carbons (Fsp3) is 0.250. The number of amides is 2. The van der Waals surface area contributed by atoms with Crippen LogP contribution in [0.25, 0.3) is 16.1 Å². The van der Waals surface area contributed by atoms with Crippen LogP contribution in [0.5, 0.6) is 0 Å². The molecule has 1 aromatic carbocycles. The lowest BCUT2D eigenvalue weighted by atomic mass is 10.2. The van der Waals surface area contributed by atoms with Gasteiger partial charge in [0.15, 0.2) is 0 Å². The molecule has 0 saturated carbocycles. The molecule has 134 valence electrons. The van der Waals surface area contributed by atoms with E-state index in [0.29, 0.717) is 0 Å². The Morgan fingerprint density at radius 3 is 2.38 bits per heavy atom. The van der Waals surface area contributed by atoms with Crippen LogP contribution < -0.4 is 5.32 Å². The van der Waals surface area contributed by atoms with Crippen LogP contribution in [0.2, 0.25) is 0 Å². The molecule has 1 N–H and O–H groups in total. The summed E-state index contributed by atoms with van der Waals surface area (Å²) in [5.41, 5.74) is 2.16. The molecule has 0 spiro atoms. The number of likely N-dealkylation sites (N-methyl/N-ethyl adjacent to an activating group) is 1. The standard InChI is InChI=1S/C20H22N4OS/c1-22-11-13-24(14-12-22)20(25)21-19-17(23-9-5-6-10-23)15-18(26-19)16-7-3-2-4-8-16/h2-10,15H,11-14H2,1H3,(H,21,25). The van der Waals surface area contributed by atoms with Gasteiger partial charge >= 0.3 is 6.03 Å². The van der Waals surface area contributed by atoms with Crippen LogP contribution in [0.4, 0.5) is 9.80 Å². The lowest BCUT2D eigenvalue weighted by Crippen LogP contribution is -2.48. The molecular weight excluding hydrogens is 344 g/mol. The summed E-state index contributed by atoms with van der Waals surface area (Å²) in [6.45, 7) is 3.35. The van der Waals surface area contributed by atoms with Gasteiger partial charge in [0.1, 0.15) is 5.00 Å². The number of nitrogens with one attached hydrogen (secondary N) is 1. The van der Waals surface area contributed by atoms with Crippen molar-refractivity contribution in [1.29, 1.82) is 0 Å². The highest BCUT2D eigenvalue weighted by atomic mass is 32.1. The number of rotatable bonds is 3. The molecule has 3 aromatic rings. The summed E-state index contributed by atoms with van der Waals surface area (Å²) in [6, 6.07) is 16.4. The molecule has 0 aliphatic carbocycles. The van der Waals surface area contributed by atoms with Crippen molar-refractivity contribution >= 4 is 22.4 Å². The van der Waals surface area contributed by atoms with Crippen LogP contribution in [-0.4, -0.2) is 53.6 Å². The van der Waals surface area contributed by atoms with Gasteiger partial charge in [0.05, 0.1) is 5.69 Å². The maximum Gasteiger partial charge on any atom is 0.322 e. The maximum atomic E-state index is 12.7. The van der Waals surface area contributed by atoms with E-state index in [0.717, 1.165) is 47.3 Å². The monoisotopic (exact) mass is 366 g/mol. The molecule has 1 fully saturated rings. The number of nitrogens with zero attached hydrogens (tertiary/aromatic N) is 3. The van der Waals surface area contributed by atoms with E-state index in [9.17, 15) is 4.79 Å². The zero-order valence-electron chi connectivity index (χ0n) is 14.8. The van der Waals surface area contributed by atoms with Crippen LogP contribution in [0.3, 0.4) is 0 Å². The Kier molecular flexibility index (Phi) is 4.77. The summed E-state index contributed by atoms with van der Waals surface area (Å²) in [6.07, 6.45) is 4.00. The maximum absolute atomic E-state index is 12.7. The Hall–Kier alpha value is -2.57. The van der Waals surface area contributed by atoms with Crippen LogP contribution >= 0.6 is 11.3 Å². The summed E-state index contributed by atoms with van der Waals surface area (Å²) < 4.78 is 2.04. The topological polar surface area (TPSA) is 40.5 Å². The number of thiophene rings is 1. The summed E-state index contributed by atoms with van der Waals surface area (Å²) in [5.74, 6) is 0. The average Bonchev–Trinajstić information content (AvgIpc) is 3.32. The first-order chi connectivity index (χ1) is 12.7. The highest BCUT2D eigenvalue weighted by Crippen LogP contribution is 2.37. The van der Waals surface area contributed by atoms with Gasteiger partial charge in [-0.15, -0.1) is 11.3 Å². The highest BCUT2D eigenvalue weighted by Gasteiger charge is 2.21. The van der Waals surface area contributed by atoms with Crippen molar-refractivity contribution in [3.63, 3.8) is 0 Å². The molecule has 4 rings (SSSR count). The molecule has 0 bridgehead atoms. The van der Waals surface area contributed by atoms with Crippen molar-refractivity contribution in [3.8, 4) is 16.1 Å². The van der Waals surface area contributed by atoms with Crippen LogP contribution in [0.1, 0.15) is 0 Å². The number of benzene rings is 1. The largest absolute Gasteiger partial charge is 0.322 e. The molecular formula is C20H22N4OS. The zero-order valence-corrected chi connectivity index (χ0v) is 15.6. The predicted octanol–water partition coefficient (Wildman–Crippen LogP) is 3.99. The molecule has 2 amide bonds. The minimum atomic E-state index is -0.0204. The van der Waals surface area contributed by atoms with Gasteiger partial charge in [0.25, 0.3) is 0 Å². The number of aromatic nitrogens is 1. The summed E-state index contributed by atoms with van der Waals surface area (Å²) in [4.78, 5) is 18.0. The molecule has 0 radical (unpaired) electrons. The lowest BCUT2D eigenvalue weighted by Gasteiger charge is -2.32. The Balaban J connectivity index is 1.62. The Labute approximate surface area is 157 Å². The molecule has 1 saturated heterocycles. The number of hydrogen-bond donors (Lipinski definition) is 1. The Morgan fingerprint density at radius 2 is 1.69 bits per heavy atom. The van der Waals surface area contributed by atoms with Crippen LogP contribution in [-0.2, 0) is 0 Å². The minimum absolute atomic E-state index is 0.0204. The molecule has 0 unspecified atom stereocenters. The van der Waals surface area contributed by atoms with Crippen molar-refractivity contribution in [2.24, 2.45) is 0 Å². The third kappa shape index (κ3) is 3.52. The van der Waals surface area contributed by atoms with Crippen LogP contribution in [0.15, 0.2) is 60.9 Å². The van der Waals surface area contributed by atoms with E-state index in [4.69, 9.17) is 0 Å². The van der Waals surface area contributed by atoms with E-state index in [1.807, 2.05) is 52.2 Å². The first kappa shape index (κ1) is 16.9. The van der Waals surface area contributed by atoms with Gasteiger partial charge in [-0.3, -0.25) is 5.32 Å². The fourth-order valence-corrected chi connectivity index (χ4v) is 4.14. The zero-order chi connectivity index (χ0) is 17.9. The molecule has 2 aromatic heterocycles. The van der Waals surface area contributed by atoms with Crippen molar-refractivity contribution in [2.75, 3.05) is 38.5 Å². The van der Waals surface area contributed by atoms with Gasteiger partial charge in [-0.25, -0.2) is 4.79 Å². The SMILES string of the molecule is CN1CCN(C(=O)Nc2sc(-c3ccccc3)cc2-n2cccc2)CC1. The van der Waals surface area contributed by atoms with Gasteiger partial charge in [-0.1, -0.05) is 30.3 Å². The van der Waals surface area contributed by atoms with E-state index < -0.39 is 0 Å².